The summed E-state index contributed by atoms with van der Waals surface area (Å²) in [6.07, 6.45) is 2.04. The van der Waals surface area contributed by atoms with Gasteiger partial charge in [0.05, 0.1) is 12.1 Å². The summed E-state index contributed by atoms with van der Waals surface area (Å²) in [6, 6.07) is 6.43. The van der Waals surface area contributed by atoms with Gasteiger partial charge >= 0.3 is 0 Å². The van der Waals surface area contributed by atoms with Gasteiger partial charge in [-0.15, -0.1) is 0 Å². The largest absolute Gasteiger partial charge is 0.348 e. The Hall–Kier alpha value is -1.35. The second kappa shape index (κ2) is 5.53. The smallest absolute Gasteiger partial charge is 0.237 e. The van der Waals surface area contributed by atoms with Gasteiger partial charge in [-0.1, -0.05) is 23.8 Å². The number of nitrogens with one attached hydrogen (secondary N) is 2. The second-order valence-electron chi connectivity index (χ2n) is 5.24. The van der Waals surface area contributed by atoms with E-state index in [2.05, 4.69) is 42.7 Å². The second-order valence-corrected chi connectivity index (χ2v) is 5.24. The molecule has 1 saturated heterocycles. The molecule has 3 nitrogen and oxygen atoms in total. The molecule has 18 heavy (non-hydrogen) atoms. The van der Waals surface area contributed by atoms with E-state index in [-0.39, 0.29) is 18.0 Å². The first kappa shape index (κ1) is 13.1. The van der Waals surface area contributed by atoms with Crippen LogP contribution in [0.4, 0.5) is 0 Å². The molecule has 1 aliphatic rings. The molecule has 1 aromatic rings. The molecule has 2 rings (SSSR count). The van der Waals surface area contributed by atoms with E-state index in [1.54, 1.807) is 0 Å². The Balaban J connectivity index is 2.02. The van der Waals surface area contributed by atoms with Crippen LogP contribution < -0.4 is 10.6 Å². The monoisotopic (exact) mass is 246 g/mol. The van der Waals surface area contributed by atoms with Gasteiger partial charge in [0.1, 0.15) is 0 Å². The van der Waals surface area contributed by atoms with Gasteiger partial charge in [0.2, 0.25) is 5.91 Å². The molecule has 0 aliphatic carbocycles. The van der Waals surface area contributed by atoms with Gasteiger partial charge in [0.25, 0.3) is 0 Å². The minimum absolute atomic E-state index is 0.00166. The van der Waals surface area contributed by atoms with Crippen molar-refractivity contribution in [3.05, 3.63) is 34.9 Å². The zero-order chi connectivity index (χ0) is 13.1. The molecule has 1 amide bonds. The van der Waals surface area contributed by atoms with Crippen molar-refractivity contribution < 1.29 is 4.79 Å². The van der Waals surface area contributed by atoms with Crippen molar-refractivity contribution in [2.45, 2.75) is 45.7 Å². The lowest BCUT2D eigenvalue weighted by atomic mass is 10.00. The van der Waals surface area contributed by atoms with Crippen molar-refractivity contribution in [3.8, 4) is 0 Å². The normalized spacial score (nSPS) is 20.7. The molecular weight excluding hydrogens is 224 g/mol. The summed E-state index contributed by atoms with van der Waals surface area (Å²) >= 11 is 0. The van der Waals surface area contributed by atoms with Gasteiger partial charge in [-0.05, 0) is 51.3 Å². The van der Waals surface area contributed by atoms with Crippen molar-refractivity contribution >= 4 is 5.91 Å². The number of aryl methyl sites for hydroxylation is 2. The highest BCUT2D eigenvalue weighted by molar-refractivity contribution is 5.82. The summed E-state index contributed by atoms with van der Waals surface area (Å²) in [5.41, 5.74) is 3.70. The number of rotatable bonds is 3. The maximum atomic E-state index is 12.0. The maximum Gasteiger partial charge on any atom is 0.237 e. The van der Waals surface area contributed by atoms with Crippen LogP contribution in [0.15, 0.2) is 18.2 Å². The summed E-state index contributed by atoms with van der Waals surface area (Å²) < 4.78 is 0. The fourth-order valence-corrected chi connectivity index (χ4v) is 2.61. The van der Waals surface area contributed by atoms with Crippen molar-refractivity contribution in [1.82, 2.24) is 10.6 Å². The Bertz CT molecular complexity index is 436. The molecule has 1 aromatic carbocycles. The lowest BCUT2D eigenvalue weighted by Crippen LogP contribution is -2.41. The Kier molecular flexibility index (Phi) is 4.02. The number of carbonyl (C=O) groups excluding carboxylic acids is 1. The molecule has 1 unspecified atom stereocenters. The van der Waals surface area contributed by atoms with Crippen molar-refractivity contribution in [2.75, 3.05) is 6.54 Å². The fourth-order valence-electron chi connectivity index (χ4n) is 2.61. The van der Waals surface area contributed by atoms with E-state index in [1.165, 1.54) is 16.7 Å². The number of amides is 1. The van der Waals surface area contributed by atoms with Crippen LogP contribution in [0.1, 0.15) is 42.5 Å². The summed E-state index contributed by atoms with van der Waals surface area (Å²) in [5.74, 6) is 0.125. The molecule has 0 spiro atoms. The highest BCUT2D eigenvalue weighted by Crippen LogP contribution is 2.19. The lowest BCUT2D eigenvalue weighted by molar-refractivity contribution is -0.123. The number of benzene rings is 1. The molecule has 0 saturated carbocycles. The van der Waals surface area contributed by atoms with Crippen LogP contribution in [-0.2, 0) is 4.79 Å². The highest BCUT2D eigenvalue weighted by atomic mass is 16.2. The third-order valence-electron chi connectivity index (χ3n) is 3.63. The molecule has 1 heterocycles. The topological polar surface area (TPSA) is 41.1 Å². The van der Waals surface area contributed by atoms with Crippen molar-refractivity contribution in [3.63, 3.8) is 0 Å². The first-order chi connectivity index (χ1) is 8.58. The van der Waals surface area contributed by atoms with Gasteiger partial charge in [-0.25, -0.2) is 0 Å². The van der Waals surface area contributed by atoms with E-state index in [9.17, 15) is 4.79 Å². The molecule has 0 aromatic heterocycles. The third kappa shape index (κ3) is 2.91. The molecule has 0 radical (unpaired) electrons. The summed E-state index contributed by atoms with van der Waals surface area (Å²) in [5, 5.41) is 6.32. The number of hydrogen-bond acceptors (Lipinski definition) is 2. The van der Waals surface area contributed by atoms with Crippen LogP contribution in [0, 0.1) is 13.8 Å². The van der Waals surface area contributed by atoms with Gasteiger partial charge in [0, 0.05) is 0 Å². The molecule has 3 heteroatoms. The van der Waals surface area contributed by atoms with Crippen LogP contribution in [0.5, 0.6) is 0 Å². The summed E-state index contributed by atoms with van der Waals surface area (Å²) in [4.78, 5) is 12.0. The fraction of sp³-hybridized carbons (Fsp3) is 0.533. The molecule has 2 atom stereocenters. The molecule has 1 fully saturated rings. The van der Waals surface area contributed by atoms with Crippen LogP contribution in [0.25, 0.3) is 0 Å². The zero-order valence-corrected chi connectivity index (χ0v) is 11.4. The van der Waals surface area contributed by atoms with Gasteiger partial charge in [-0.3, -0.25) is 4.79 Å². The molecule has 98 valence electrons. The van der Waals surface area contributed by atoms with Crippen LogP contribution in [0.2, 0.25) is 0 Å². The number of hydrogen-bond donors (Lipinski definition) is 2. The quantitative estimate of drug-likeness (QED) is 0.858. The standard InChI is InChI=1S/C15H22N2O/c1-10-6-7-13(11(2)9-10)12(3)17-15(18)14-5-4-8-16-14/h6-7,9,12,14,16H,4-5,8H2,1-3H3,(H,17,18)/t12?,14-/m0/s1. The third-order valence-corrected chi connectivity index (χ3v) is 3.63. The van der Waals surface area contributed by atoms with Gasteiger partial charge in [0.15, 0.2) is 0 Å². The van der Waals surface area contributed by atoms with E-state index < -0.39 is 0 Å². The average molecular weight is 246 g/mol. The van der Waals surface area contributed by atoms with Crippen molar-refractivity contribution in [1.29, 1.82) is 0 Å². The van der Waals surface area contributed by atoms with E-state index >= 15 is 0 Å². The minimum atomic E-state index is -0.00166. The summed E-state index contributed by atoms with van der Waals surface area (Å²) in [6.45, 7) is 7.18. The average Bonchev–Trinajstić information content (AvgIpc) is 2.81. The highest BCUT2D eigenvalue weighted by Gasteiger charge is 2.23. The Morgan fingerprint density at radius 3 is 2.83 bits per heavy atom. The van der Waals surface area contributed by atoms with E-state index in [0.717, 1.165) is 19.4 Å². The maximum absolute atomic E-state index is 12.0. The predicted molar refractivity (Wildman–Crippen MR) is 73.5 cm³/mol. The van der Waals surface area contributed by atoms with Crippen LogP contribution >= 0.6 is 0 Å². The molecule has 1 aliphatic heterocycles. The molecule has 0 bridgehead atoms. The zero-order valence-electron chi connectivity index (χ0n) is 11.4. The van der Waals surface area contributed by atoms with E-state index in [4.69, 9.17) is 0 Å². The van der Waals surface area contributed by atoms with E-state index in [0.29, 0.717) is 0 Å². The Morgan fingerprint density at radius 2 is 2.22 bits per heavy atom. The van der Waals surface area contributed by atoms with Crippen LogP contribution in [-0.4, -0.2) is 18.5 Å². The van der Waals surface area contributed by atoms with Gasteiger partial charge < -0.3 is 10.6 Å². The SMILES string of the molecule is Cc1ccc(C(C)NC(=O)[C@@H]2CCCN2)c(C)c1. The molecule has 2 N–H and O–H groups in total. The minimum Gasteiger partial charge on any atom is -0.348 e. The summed E-state index contributed by atoms with van der Waals surface area (Å²) in [7, 11) is 0. The van der Waals surface area contributed by atoms with Crippen LogP contribution in [0.3, 0.4) is 0 Å². The Morgan fingerprint density at radius 1 is 1.44 bits per heavy atom. The number of carbonyl (C=O) groups is 1. The lowest BCUT2D eigenvalue weighted by Gasteiger charge is -2.19. The first-order valence-electron chi connectivity index (χ1n) is 6.69. The first-order valence-corrected chi connectivity index (χ1v) is 6.69. The predicted octanol–water partition coefficient (Wildman–Crippen LogP) is 2.23. The van der Waals surface area contributed by atoms with E-state index in [1.807, 2.05) is 6.92 Å². The van der Waals surface area contributed by atoms with Gasteiger partial charge in [-0.2, -0.15) is 0 Å². The Labute approximate surface area is 109 Å². The van der Waals surface area contributed by atoms with Crippen molar-refractivity contribution in [2.24, 2.45) is 0 Å². The molecular formula is C15H22N2O.